The lowest BCUT2D eigenvalue weighted by Crippen LogP contribution is -2.44. The monoisotopic (exact) mass is 197 g/mol. The number of hydrogen-bond donors (Lipinski definition) is 1. The summed E-state index contributed by atoms with van der Waals surface area (Å²) in [6.45, 7) is 2.63. The zero-order valence-electron chi connectivity index (χ0n) is 8.34. The summed E-state index contributed by atoms with van der Waals surface area (Å²) in [5.74, 6) is -0.420. The van der Waals surface area contributed by atoms with Gasteiger partial charge in [-0.05, 0) is 19.8 Å². The molecular weight excluding hydrogens is 182 g/mol. The number of amides is 1. The highest BCUT2D eigenvalue weighted by molar-refractivity contribution is 5.93. The molecule has 1 unspecified atom stereocenters. The van der Waals surface area contributed by atoms with E-state index in [0.29, 0.717) is 13.2 Å². The van der Waals surface area contributed by atoms with Gasteiger partial charge in [0.15, 0.2) is 0 Å². The molecule has 78 valence electrons. The topological polar surface area (TPSA) is 55.4 Å². The van der Waals surface area contributed by atoms with Gasteiger partial charge < -0.3 is 10.1 Å². The highest BCUT2D eigenvalue weighted by atomic mass is 16.5. The van der Waals surface area contributed by atoms with Gasteiger partial charge in [-0.15, -0.1) is 0 Å². The van der Waals surface area contributed by atoms with E-state index in [4.69, 9.17) is 4.74 Å². The minimum Gasteiger partial charge on any atom is -0.466 e. The van der Waals surface area contributed by atoms with Crippen molar-refractivity contribution in [2.75, 3.05) is 13.2 Å². The van der Waals surface area contributed by atoms with Gasteiger partial charge in [0, 0.05) is 6.54 Å². The lowest BCUT2D eigenvalue weighted by Gasteiger charge is -2.38. The summed E-state index contributed by atoms with van der Waals surface area (Å²) in [4.78, 5) is 23.2. The van der Waals surface area contributed by atoms with Gasteiger partial charge in [0.1, 0.15) is 0 Å². The van der Waals surface area contributed by atoms with Crippen LogP contribution in [0.5, 0.6) is 0 Å². The third-order valence-corrected chi connectivity index (χ3v) is 3.40. The average Bonchev–Trinajstić information content (AvgIpc) is 2.42. The van der Waals surface area contributed by atoms with Crippen LogP contribution in [-0.4, -0.2) is 25.0 Å². The summed E-state index contributed by atoms with van der Waals surface area (Å²) < 4.78 is 4.97. The van der Waals surface area contributed by atoms with Crippen LogP contribution in [0.25, 0.3) is 0 Å². The predicted octanol–water partition coefficient (Wildman–Crippen LogP) is 0.466. The van der Waals surface area contributed by atoms with Crippen molar-refractivity contribution >= 4 is 11.9 Å². The molecular formula is C10H15NO3. The summed E-state index contributed by atoms with van der Waals surface area (Å²) in [6.07, 6.45) is 2.72. The Morgan fingerprint density at radius 2 is 2.36 bits per heavy atom. The first kappa shape index (κ1) is 9.49. The first-order valence-electron chi connectivity index (χ1n) is 5.15. The van der Waals surface area contributed by atoms with Crippen LogP contribution in [0.2, 0.25) is 0 Å². The van der Waals surface area contributed by atoms with Gasteiger partial charge in [-0.25, -0.2) is 0 Å². The van der Waals surface area contributed by atoms with Crippen LogP contribution in [0.1, 0.15) is 26.2 Å². The Morgan fingerprint density at radius 3 is 2.86 bits per heavy atom. The van der Waals surface area contributed by atoms with Crippen molar-refractivity contribution < 1.29 is 14.3 Å². The second-order valence-electron chi connectivity index (χ2n) is 4.02. The van der Waals surface area contributed by atoms with E-state index in [9.17, 15) is 9.59 Å². The molecule has 4 heteroatoms. The van der Waals surface area contributed by atoms with Crippen LogP contribution in [0, 0.1) is 11.3 Å². The Labute approximate surface area is 83.0 Å². The number of ether oxygens (including phenoxy) is 1. The molecule has 1 saturated carbocycles. The zero-order chi connectivity index (χ0) is 10.2. The quantitative estimate of drug-likeness (QED) is 0.654. The Morgan fingerprint density at radius 1 is 1.64 bits per heavy atom. The molecule has 1 spiro atoms. The molecule has 1 aliphatic carbocycles. The summed E-state index contributed by atoms with van der Waals surface area (Å²) in [5, 5.41) is 2.76. The van der Waals surface area contributed by atoms with Gasteiger partial charge in [0.25, 0.3) is 0 Å². The van der Waals surface area contributed by atoms with Crippen molar-refractivity contribution in [3.63, 3.8) is 0 Å². The SMILES string of the molecule is CCOC(=O)C1CNC(=O)C12CCC2. The normalized spacial score (nSPS) is 28.4. The molecule has 0 aromatic heterocycles. The highest BCUT2D eigenvalue weighted by Gasteiger charge is 2.57. The highest BCUT2D eigenvalue weighted by Crippen LogP contribution is 2.50. The molecule has 1 atom stereocenters. The molecule has 1 N–H and O–H groups in total. The van der Waals surface area contributed by atoms with E-state index in [0.717, 1.165) is 19.3 Å². The summed E-state index contributed by atoms with van der Waals surface area (Å²) >= 11 is 0. The fourth-order valence-electron chi connectivity index (χ4n) is 2.41. The van der Waals surface area contributed by atoms with Gasteiger partial charge in [-0.2, -0.15) is 0 Å². The smallest absolute Gasteiger partial charge is 0.311 e. The van der Waals surface area contributed by atoms with Crippen molar-refractivity contribution in [1.82, 2.24) is 5.32 Å². The molecule has 14 heavy (non-hydrogen) atoms. The van der Waals surface area contributed by atoms with Crippen LogP contribution in [0.4, 0.5) is 0 Å². The van der Waals surface area contributed by atoms with Crippen LogP contribution < -0.4 is 5.32 Å². The minimum absolute atomic E-state index is 0.0433. The first-order chi connectivity index (χ1) is 6.70. The fourth-order valence-corrected chi connectivity index (χ4v) is 2.41. The Hall–Kier alpha value is -1.06. The van der Waals surface area contributed by atoms with Crippen LogP contribution >= 0.6 is 0 Å². The van der Waals surface area contributed by atoms with Crippen molar-refractivity contribution in [2.45, 2.75) is 26.2 Å². The van der Waals surface area contributed by atoms with Crippen LogP contribution in [0.15, 0.2) is 0 Å². The number of hydrogen-bond acceptors (Lipinski definition) is 3. The number of rotatable bonds is 2. The Bertz CT molecular complexity index is 271. The van der Waals surface area contributed by atoms with Gasteiger partial charge in [0.2, 0.25) is 5.91 Å². The number of carbonyl (C=O) groups excluding carboxylic acids is 2. The lowest BCUT2D eigenvalue weighted by atomic mass is 9.62. The molecule has 4 nitrogen and oxygen atoms in total. The maximum atomic E-state index is 11.6. The Kier molecular flexibility index (Phi) is 2.21. The van der Waals surface area contributed by atoms with E-state index in [1.165, 1.54) is 0 Å². The molecule has 0 bridgehead atoms. The van der Waals surface area contributed by atoms with E-state index >= 15 is 0 Å². The lowest BCUT2D eigenvalue weighted by molar-refractivity contribution is -0.157. The van der Waals surface area contributed by atoms with Crippen molar-refractivity contribution in [3.05, 3.63) is 0 Å². The van der Waals surface area contributed by atoms with E-state index in [2.05, 4.69) is 5.32 Å². The number of esters is 1. The molecule has 0 aromatic carbocycles. The summed E-state index contributed by atoms with van der Waals surface area (Å²) in [6, 6.07) is 0. The fraction of sp³-hybridized carbons (Fsp3) is 0.800. The van der Waals surface area contributed by atoms with E-state index in [1.807, 2.05) is 0 Å². The van der Waals surface area contributed by atoms with E-state index < -0.39 is 5.41 Å². The average molecular weight is 197 g/mol. The van der Waals surface area contributed by atoms with Crippen molar-refractivity contribution in [3.8, 4) is 0 Å². The first-order valence-corrected chi connectivity index (χ1v) is 5.15. The molecule has 2 aliphatic rings. The summed E-state index contributed by atoms with van der Waals surface area (Å²) in [5.41, 5.74) is -0.410. The molecule has 1 saturated heterocycles. The number of nitrogens with one attached hydrogen (secondary N) is 1. The standard InChI is InChI=1S/C10H15NO3/c1-2-14-8(12)7-6-11-9(13)10(7)4-3-5-10/h7H,2-6H2,1H3,(H,11,13). The molecule has 2 rings (SSSR count). The van der Waals surface area contributed by atoms with Gasteiger partial charge in [-0.1, -0.05) is 6.42 Å². The van der Waals surface area contributed by atoms with Crippen molar-refractivity contribution in [2.24, 2.45) is 11.3 Å². The third kappa shape index (κ3) is 1.13. The molecule has 1 amide bonds. The van der Waals surface area contributed by atoms with E-state index in [1.54, 1.807) is 6.92 Å². The van der Waals surface area contributed by atoms with Gasteiger partial charge in [0.05, 0.1) is 17.9 Å². The largest absolute Gasteiger partial charge is 0.466 e. The Balaban J connectivity index is 2.12. The maximum Gasteiger partial charge on any atom is 0.311 e. The third-order valence-electron chi connectivity index (χ3n) is 3.40. The molecule has 2 fully saturated rings. The molecule has 1 heterocycles. The van der Waals surface area contributed by atoms with Crippen LogP contribution in [-0.2, 0) is 14.3 Å². The molecule has 0 radical (unpaired) electrons. The minimum atomic E-state index is -0.410. The van der Waals surface area contributed by atoms with Gasteiger partial charge >= 0.3 is 5.97 Å². The van der Waals surface area contributed by atoms with Crippen molar-refractivity contribution in [1.29, 1.82) is 0 Å². The molecule has 0 aromatic rings. The van der Waals surface area contributed by atoms with E-state index in [-0.39, 0.29) is 17.8 Å². The predicted molar refractivity (Wildman–Crippen MR) is 49.4 cm³/mol. The second-order valence-corrected chi connectivity index (χ2v) is 4.02. The number of carbonyl (C=O) groups is 2. The van der Waals surface area contributed by atoms with Crippen LogP contribution in [0.3, 0.4) is 0 Å². The summed E-state index contributed by atoms with van der Waals surface area (Å²) in [7, 11) is 0. The van der Waals surface area contributed by atoms with Gasteiger partial charge in [-0.3, -0.25) is 9.59 Å². The zero-order valence-corrected chi connectivity index (χ0v) is 8.34. The second kappa shape index (κ2) is 3.26. The molecule has 1 aliphatic heterocycles. The maximum absolute atomic E-state index is 11.6.